The number of benzene rings is 1. The molecule has 0 aromatic heterocycles. The lowest BCUT2D eigenvalue weighted by Gasteiger charge is -2.25. The second-order valence-corrected chi connectivity index (χ2v) is 4.21. The SMILES string of the molecule is [3H]c1cc(C)c(N(COCC)C(=O)CCl)c(CC)c1. The van der Waals surface area contributed by atoms with Crippen LogP contribution in [0.5, 0.6) is 0 Å². The molecule has 0 aliphatic heterocycles. The van der Waals surface area contributed by atoms with Crippen LogP contribution >= 0.6 is 11.6 Å². The Bertz CT molecular complexity index is 451. The maximum atomic E-state index is 12.0. The summed E-state index contributed by atoms with van der Waals surface area (Å²) >= 11 is 5.67. The van der Waals surface area contributed by atoms with E-state index in [1.54, 1.807) is 17.0 Å². The second kappa shape index (κ2) is 7.39. The van der Waals surface area contributed by atoms with Crippen LogP contribution in [0, 0.1) is 6.92 Å². The first-order valence-corrected chi connectivity index (χ1v) is 6.62. The predicted octanol–water partition coefficient (Wildman–Crippen LogP) is 3.12. The lowest BCUT2D eigenvalue weighted by molar-refractivity contribution is -0.117. The van der Waals surface area contributed by atoms with E-state index in [-0.39, 0.29) is 18.5 Å². The van der Waals surface area contributed by atoms with E-state index < -0.39 is 0 Å². The molecule has 3 nitrogen and oxygen atoms in total. The Morgan fingerprint density at radius 1 is 1.50 bits per heavy atom. The number of ether oxygens (including phenoxy) is 1. The zero-order valence-corrected chi connectivity index (χ0v) is 11.9. The third kappa shape index (κ3) is 3.47. The molecule has 0 N–H and O–H groups in total. The van der Waals surface area contributed by atoms with Crippen molar-refractivity contribution in [3.05, 3.63) is 29.3 Å². The van der Waals surface area contributed by atoms with Gasteiger partial charge in [-0.15, -0.1) is 11.6 Å². The Morgan fingerprint density at radius 3 is 2.78 bits per heavy atom. The van der Waals surface area contributed by atoms with Crippen molar-refractivity contribution in [2.45, 2.75) is 27.2 Å². The van der Waals surface area contributed by atoms with E-state index in [0.29, 0.717) is 12.6 Å². The molecule has 0 bridgehead atoms. The highest BCUT2D eigenvalue weighted by Crippen LogP contribution is 2.26. The minimum Gasteiger partial charge on any atom is -0.361 e. The quantitative estimate of drug-likeness (QED) is 0.588. The van der Waals surface area contributed by atoms with Crippen LogP contribution in [-0.2, 0) is 16.0 Å². The van der Waals surface area contributed by atoms with E-state index in [4.69, 9.17) is 17.7 Å². The zero-order valence-electron chi connectivity index (χ0n) is 12.1. The first-order valence-electron chi connectivity index (χ1n) is 6.59. The summed E-state index contributed by atoms with van der Waals surface area (Å²) in [5.41, 5.74) is 2.67. The Morgan fingerprint density at radius 2 is 2.22 bits per heavy atom. The minimum absolute atomic E-state index is 0.0850. The summed E-state index contributed by atoms with van der Waals surface area (Å²) in [6.07, 6.45) is 0.751. The van der Waals surface area contributed by atoms with Crippen molar-refractivity contribution >= 4 is 23.2 Å². The van der Waals surface area contributed by atoms with Gasteiger partial charge >= 0.3 is 0 Å². The van der Waals surface area contributed by atoms with E-state index in [9.17, 15) is 4.79 Å². The largest absolute Gasteiger partial charge is 0.361 e. The Balaban J connectivity index is 3.24. The monoisotopic (exact) mass is 271 g/mol. The summed E-state index contributed by atoms with van der Waals surface area (Å²) in [4.78, 5) is 13.6. The lowest BCUT2D eigenvalue weighted by atomic mass is 10.0. The number of aryl methyl sites for hydroxylation is 2. The van der Waals surface area contributed by atoms with Crippen LogP contribution in [-0.4, -0.2) is 25.1 Å². The van der Waals surface area contributed by atoms with Crippen molar-refractivity contribution in [2.24, 2.45) is 0 Å². The Hall–Kier alpha value is -1.06. The molecule has 0 saturated heterocycles. The van der Waals surface area contributed by atoms with Gasteiger partial charge in [0.15, 0.2) is 0 Å². The fourth-order valence-corrected chi connectivity index (χ4v) is 1.97. The second-order valence-electron chi connectivity index (χ2n) is 3.94. The number of hydrogen-bond acceptors (Lipinski definition) is 2. The number of hydrogen-bond donors (Lipinski definition) is 0. The van der Waals surface area contributed by atoms with Gasteiger partial charge in [-0.1, -0.05) is 25.1 Å². The number of carbonyl (C=O) groups excluding carboxylic acids is 1. The van der Waals surface area contributed by atoms with Gasteiger partial charge in [-0.3, -0.25) is 9.69 Å². The fourth-order valence-electron chi connectivity index (χ4n) is 1.83. The molecule has 1 aromatic rings. The molecule has 0 saturated carbocycles. The summed E-state index contributed by atoms with van der Waals surface area (Å²) < 4.78 is 13.1. The molecule has 0 radical (unpaired) electrons. The van der Waals surface area contributed by atoms with Crippen LogP contribution < -0.4 is 4.90 Å². The standard InChI is InChI=1S/C14H20ClNO2/c1-4-12-8-6-7-11(3)14(12)16(10-18-5-2)13(17)9-15/h6-8H,4-5,9-10H2,1-3H3/i6T. The predicted molar refractivity (Wildman–Crippen MR) is 75.3 cm³/mol. The van der Waals surface area contributed by atoms with E-state index in [1.807, 2.05) is 20.8 Å². The number of para-hydroxylation sites is 1. The summed E-state index contributed by atoms with van der Waals surface area (Å²) in [7, 11) is 0. The van der Waals surface area contributed by atoms with Gasteiger partial charge < -0.3 is 4.74 Å². The highest BCUT2D eigenvalue weighted by atomic mass is 35.5. The summed E-state index contributed by atoms with van der Waals surface area (Å²) in [6.45, 7) is 6.49. The van der Waals surface area contributed by atoms with Crippen molar-refractivity contribution in [3.63, 3.8) is 0 Å². The van der Waals surface area contributed by atoms with Gasteiger partial charge in [-0.2, -0.15) is 0 Å². The van der Waals surface area contributed by atoms with Crippen molar-refractivity contribution in [2.75, 3.05) is 24.1 Å². The van der Waals surface area contributed by atoms with Gasteiger partial charge in [0.2, 0.25) is 5.91 Å². The molecule has 0 heterocycles. The molecule has 4 heteroatoms. The van der Waals surface area contributed by atoms with E-state index in [2.05, 4.69) is 0 Å². The molecule has 1 rings (SSSR count). The third-order valence-corrected chi connectivity index (χ3v) is 2.95. The Kier molecular flexibility index (Phi) is 5.49. The Labute approximate surface area is 115 Å². The van der Waals surface area contributed by atoms with Crippen LogP contribution in [0.1, 0.15) is 26.3 Å². The number of amides is 1. The molecule has 18 heavy (non-hydrogen) atoms. The average Bonchev–Trinajstić information content (AvgIpc) is 2.39. The van der Waals surface area contributed by atoms with E-state index in [0.717, 1.165) is 23.2 Å². The molecule has 0 unspecified atom stereocenters. The number of halogens is 1. The number of rotatable bonds is 6. The molecule has 0 aliphatic carbocycles. The van der Waals surface area contributed by atoms with Crippen molar-refractivity contribution in [3.8, 4) is 0 Å². The lowest BCUT2D eigenvalue weighted by Crippen LogP contribution is -2.35. The summed E-state index contributed by atoms with van der Waals surface area (Å²) in [6, 6.07) is 3.98. The van der Waals surface area contributed by atoms with Crippen molar-refractivity contribution < 1.29 is 10.9 Å². The van der Waals surface area contributed by atoms with Gasteiger partial charge in [0, 0.05) is 6.61 Å². The third-order valence-electron chi connectivity index (χ3n) is 2.73. The van der Waals surface area contributed by atoms with Crippen LogP contribution in [0.4, 0.5) is 5.69 Å². The van der Waals surface area contributed by atoms with Gasteiger partial charge in [-0.05, 0) is 31.4 Å². The van der Waals surface area contributed by atoms with Gasteiger partial charge in [0.25, 0.3) is 0 Å². The number of nitrogens with zero attached hydrogens (tertiary/aromatic N) is 1. The maximum Gasteiger partial charge on any atom is 0.243 e. The normalized spacial score (nSPS) is 11.2. The maximum absolute atomic E-state index is 12.0. The van der Waals surface area contributed by atoms with Gasteiger partial charge in [0.1, 0.15) is 12.6 Å². The molecule has 0 atom stereocenters. The molecule has 0 aliphatic rings. The van der Waals surface area contributed by atoms with Crippen molar-refractivity contribution in [1.82, 2.24) is 0 Å². The van der Waals surface area contributed by atoms with E-state index >= 15 is 0 Å². The molecule has 0 spiro atoms. The first kappa shape index (κ1) is 13.4. The molecular formula is C14H20ClNO2. The smallest absolute Gasteiger partial charge is 0.243 e. The summed E-state index contributed by atoms with van der Waals surface area (Å²) in [5.74, 6) is -0.274. The number of carbonyl (C=O) groups is 1. The molecule has 100 valence electrons. The first-order chi connectivity index (χ1) is 9.04. The van der Waals surface area contributed by atoms with Crippen LogP contribution in [0.2, 0.25) is 0 Å². The highest BCUT2D eigenvalue weighted by Gasteiger charge is 2.19. The zero-order chi connectivity index (χ0) is 14.4. The average molecular weight is 272 g/mol. The fraction of sp³-hybridized carbons (Fsp3) is 0.500. The van der Waals surface area contributed by atoms with Crippen molar-refractivity contribution in [1.29, 1.82) is 0 Å². The van der Waals surface area contributed by atoms with Crippen LogP contribution in [0.25, 0.3) is 0 Å². The number of alkyl halides is 1. The van der Waals surface area contributed by atoms with E-state index in [1.165, 1.54) is 0 Å². The highest BCUT2D eigenvalue weighted by molar-refractivity contribution is 6.29. The molecule has 0 fully saturated rings. The number of anilines is 1. The van der Waals surface area contributed by atoms with Gasteiger partial charge in [0.05, 0.1) is 7.06 Å². The minimum atomic E-state index is -0.189. The topological polar surface area (TPSA) is 29.5 Å². The van der Waals surface area contributed by atoms with Gasteiger partial charge in [-0.25, -0.2) is 0 Å². The summed E-state index contributed by atoms with van der Waals surface area (Å²) in [5, 5.41) is 0. The molecular weight excluding hydrogens is 250 g/mol. The van der Waals surface area contributed by atoms with Crippen LogP contribution in [0.3, 0.4) is 0 Å². The molecule has 1 amide bonds. The van der Waals surface area contributed by atoms with Crippen LogP contribution in [0.15, 0.2) is 18.2 Å². The molecule has 1 aromatic carbocycles.